The highest BCUT2D eigenvalue weighted by atomic mass is 32.1. The normalized spacial score (nSPS) is 14.6. The summed E-state index contributed by atoms with van der Waals surface area (Å²) in [7, 11) is 2.18. The molecule has 4 heteroatoms. The van der Waals surface area contributed by atoms with Crippen molar-refractivity contribution in [1.29, 1.82) is 0 Å². The van der Waals surface area contributed by atoms with Gasteiger partial charge in [-0.3, -0.25) is 4.57 Å². The van der Waals surface area contributed by atoms with Crippen LogP contribution in [0.25, 0.3) is 10.9 Å². The van der Waals surface area contributed by atoms with E-state index in [9.17, 15) is 0 Å². The predicted molar refractivity (Wildman–Crippen MR) is 91.1 cm³/mol. The maximum Gasteiger partial charge on any atom is 0.125 e. The predicted octanol–water partition coefficient (Wildman–Crippen LogP) is 3.25. The number of hydrogen-bond acceptors (Lipinski definition) is 3. The summed E-state index contributed by atoms with van der Waals surface area (Å²) in [6, 6.07) is 9.97. The SMILES string of the molecule is Cc1ccc2c(c1)c1c(n2C#Cc2cscn2)CCN(C)C1. The van der Waals surface area contributed by atoms with Gasteiger partial charge in [-0.05, 0) is 37.6 Å². The van der Waals surface area contributed by atoms with Crippen molar-refractivity contribution >= 4 is 22.2 Å². The Hall–Kier alpha value is -2.09. The molecule has 1 aliphatic heterocycles. The molecule has 0 atom stereocenters. The van der Waals surface area contributed by atoms with E-state index in [-0.39, 0.29) is 0 Å². The molecule has 22 heavy (non-hydrogen) atoms. The van der Waals surface area contributed by atoms with E-state index in [2.05, 4.69) is 58.6 Å². The third kappa shape index (κ3) is 2.23. The van der Waals surface area contributed by atoms with Crippen LogP contribution in [0.15, 0.2) is 29.1 Å². The summed E-state index contributed by atoms with van der Waals surface area (Å²) in [6.45, 7) is 4.23. The Bertz CT molecular complexity index is 894. The molecule has 0 unspecified atom stereocenters. The summed E-state index contributed by atoms with van der Waals surface area (Å²) >= 11 is 1.58. The number of fused-ring (bicyclic) bond motifs is 3. The first-order valence-corrected chi connectivity index (χ1v) is 8.38. The molecule has 0 aliphatic carbocycles. The number of nitrogens with zero attached hydrogens (tertiary/aromatic N) is 3. The van der Waals surface area contributed by atoms with Crippen LogP contribution in [0.1, 0.15) is 22.5 Å². The van der Waals surface area contributed by atoms with Crippen molar-refractivity contribution in [2.75, 3.05) is 13.6 Å². The van der Waals surface area contributed by atoms with Gasteiger partial charge in [-0.1, -0.05) is 11.6 Å². The first kappa shape index (κ1) is 13.6. The minimum Gasteiger partial charge on any atom is -0.302 e. The molecule has 1 aliphatic rings. The fourth-order valence-corrected chi connectivity index (χ4v) is 3.61. The van der Waals surface area contributed by atoms with Gasteiger partial charge in [0.05, 0.1) is 11.0 Å². The fourth-order valence-electron chi connectivity index (χ4n) is 3.12. The molecular weight excluding hydrogens is 290 g/mol. The molecule has 0 amide bonds. The molecular formula is C18H17N3S. The molecule has 0 bridgehead atoms. The smallest absolute Gasteiger partial charge is 0.125 e. The Labute approximate surface area is 134 Å². The van der Waals surface area contributed by atoms with E-state index >= 15 is 0 Å². The monoisotopic (exact) mass is 307 g/mol. The molecule has 3 aromatic rings. The minimum absolute atomic E-state index is 0.848. The number of aryl methyl sites for hydroxylation is 1. The van der Waals surface area contributed by atoms with Gasteiger partial charge in [0.25, 0.3) is 0 Å². The van der Waals surface area contributed by atoms with Crippen molar-refractivity contribution in [2.24, 2.45) is 0 Å². The molecule has 1 aromatic carbocycles. The lowest BCUT2D eigenvalue weighted by Gasteiger charge is -2.23. The number of hydrogen-bond donors (Lipinski definition) is 0. The lowest BCUT2D eigenvalue weighted by atomic mass is 10.0. The van der Waals surface area contributed by atoms with Crippen LogP contribution in [0.4, 0.5) is 0 Å². The van der Waals surface area contributed by atoms with Gasteiger partial charge < -0.3 is 4.90 Å². The molecule has 3 nitrogen and oxygen atoms in total. The van der Waals surface area contributed by atoms with E-state index in [4.69, 9.17) is 0 Å². The molecule has 4 rings (SSSR count). The zero-order valence-electron chi connectivity index (χ0n) is 12.8. The van der Waals surface area contributed by atoms with Crippen LogP contribution in [0.3, 0.4) is 0 Å². The second-order valence-electron chi connectivity index (χ2n) is 5.88. The average Bonchev–Trinajstić information content (AvgIpc) is 3.11. The Balaban J connectivity index is 1.94. The van der Waals surface area contributed by atoms with Crippen LogP contribution in [0.2, 0.25) is 0 Å². The lowest BCUT2D eigenvalue weighted by molar-refractivity contribution is 0.311. The third-order valence-corrected chi connectivity index (χ3v) is 4.81. The van der Waals surface area contributed by atoms with E-state index in [0.717, 1.165) is 25.2 Å². The van der Waals surface area contributed by atoms with E-state index in [1.54, 1.807) is 11.3 Å². The number of rotatable bonds is 0. The van der Waals surface area contributed by atoms with Crippen molar-refractivity contribution in [3.8, 4) is 12.0 Å². The van der Waals surface area contributed by atoms with Crippen molar-refractivity contribution in [3.05, 3.63) is 51.6 Å². The molecule has 3 heterocycles. The Morgan fingerprint density at radius 2 is 2.23 bits per heavy atom. The Kier molecular flexibility index (Phi) is 3.25. The maximum absolute atomic E-state index is 4.26. The molecule has 0 saturated heterocycles. The van der Waals surface area contributed by atoms with Crippen molar-refractivity contribution < 1.29 is 0 Å². The summed E-state index contributed by atoms with van der Waals surface area (Å²) in [5.41, 5.74) is 7.98. The van der Waals surface area contributed by atoms with Crippen LogP contribution in [0.5, 0.6) is 0 Å². The number of thiazole rings is 1. The first-order chi connectivity index (χ1) is 10.7. The van der Waals surface area contributed by atoms with Crippen LogP contribution in [0, 0.1) is 18.9 Å². The van der Waals surface area contributed by atoms with Gasteiger partial charge in [-0.25, -0.2) is 4.98 Å². The quantitative estimate of drug-likeness (QED) is 0.595. The van der Waals surface area contributed by atoms with Gasteiger partial charge in [0.1, 0.15) is 5.69 Å². The summed E-state index contributed by atoms with van der Waals surface area (Å²) in [5, 5.41) is 3.33. The minimum atomic E-state index is 0.848. The third-order valence-electron chi connectivity index (χ3n) is 4.22. The molecule has 0 spiro atoms. The zero-order valence-corrected chi connectivity index (χ0v) is 13.6. The number of likely N-dealkylation sites (N-methyl/N-ethyl adjacent to an activating group) is 1. The molecule has 2 aromatic heterocycles. The van der Waals surface area contributed by atoms with E-state index in [1.807, 2.05) is 10.9 Å². The number of benzene rings is 1. The second kappa shape index (κ2) is 5.28. The highest BCUT2D eigenvalue weighted by molar-refractivity contribution is 7.07. The van der Waals surface area contributed by atoms with Crippen molar-refractivity contribution in [1.82, 2.24) is 14.5 Å². The standard InChI is InChI=1S/C18H17N3S/c1-13-3-4-17-15(9-13)16-10-20(2)7-6-18(16)21(17)8-5-14-11-22-12-19-14/h3-4,9,11-12H,6-7,10H2,1-2H3. The topological polar surface area (TPSA) is 21.1 Å². The first-order valence-electron chi connectivity index (χ1n) is 7.44. The molecule has 0 saturated carbocycles. The fraction of sp³-hybridized carbons (Fsp3) is 0.278. The Morgan fingerprint density at radius 3 is 3.05 bits per heavy atom. The summed E-state index contributed by atoms with van der Waals surface area (Å²) < 4.78 is 2.18. The van der Waals surface area contributed by atoms with E-state index in [0.29, 0.717) is 0 Å². The van der Waals surface area contributed by atoms with Crippen LogP contribution in [-0.4, -0.2) is 28.0 Å². The summed E-state index contributed by atoms with van der Waals surface area (Å²) in [4.78, 5) is 6.63. The zero-order chi connectivity index (χ0) is 15.1. The van der Waals surface area contributed by atoms with Crippen molar-refractivity contribution in [3.63, 3.8) is 0 Å². The van der Waals surface area contributed by atoms with Crippen LogP contribution < -0.4 is 0 Å². The lowest BCUT2D eigenvalue weighted by Crippen LogP contribution is -2.27. The van der Waals surface area contributed by atoms with Gasteiger partial charge in [0.2, 0.25) is 0 Å². The van der Waals surface area contributed by atoms with Gasteiger partial charge in [0.15, 0.2) is 0 Å². The molecule has 0 radical (unpaired) electrons. The second-order valence-corrected chi connectivity index (χ2v) is 6.60. The van der Waals surface area contributed by atoms with Crippen LogP contribution in [-0.2, 0) is 13.0 Å². The van der Waals surface area contributed by atoms with Gasteiger partial charge in [0, 0.05) is 42.0 Å². The highest BCUT2D eigenvalue weighted by Gasteiger charge is 2.21. The summed E-state index contributed by atoms with van der Waals surface area (Å²) in [6.07, 6.45) is 1.05. The van der Waals surface area contributed by atoms with E-state index in [1.165, 1.54) is 27.7 Å². The highest BCUT2D eigenvalue weighted by Crippen LogP contribution is 2.30. The van der Waals surface area contributed by atoms with Gasteiger partial charge >= 0.3 is 0 Å². The molecule has 110 valence electrons. The van der Waals surface area contributed by atoms with E-state index < -0.39 is 0 Å². The van der Waals surface area contributed by atoms with Gasteiger partial charge in [-0.2, -0.15) is 0 Å². The average molecular weight is 307 g/mol. The van der Waals surface area contributed by atoms with Gasteiger partial charge in [-0.15, -0.1) is 11.3 Å². The maximum atomic E-state index is 4.26. The van der Waals surface area contributed by atoms with Crippen molar-refractivity contribution in [2.45, 2.75) is 19.9 Å². The number of aromatic nitrogens is 2. The summed E-state index contributed by atoms with van der Waals surface area (Å²) in [5.74, 6) is 3.19. The Morgan fingerprint density at radius 1 is 1.32 bits per heavy atom. The molecule has 0 fully saturated rings. The molecule has 0 N–H and O–H groups in total. The largest absolute Gasteiger partial charge is 0.302 e. The van der Waals surface area contributed by atoms with Crippen LogP contribution >= 0.6 is 11.3 Å².